The summed E-state index contributed by atoms with van der Waals surface area (Å²) in [5, 5.41) is 11.0. The van der Waals surface area contributed by atoms with Crippen molar-refractivity contribution in [3.8, 4) is 0 Å². The van der Waals surface area contributed by atoms with E-state index < -0.39 is 0 Å². The molecular weight excluding hydrogens is 362 g/mol. The topological polar surface area (TPSA) is 69.3 Å². The van der Waals surface area contributed by atoms with Crippen molar-refractivity contribution in [2.24, 2.45) is 0 Å². The lowest BCUT2D eigenvalue weighted by Gasteiger charge is -2.29. The van der Waals surface area contributed by atoms with Crippen LogP contribution in [0.25, 0.3) is 10.9 Å². The maximum atomic E-state index is 12.9. The summed E-state index contributed by atoms with van der Waals surface area (Å²) in [6.45, 7) is 3.91. The van der Waals surface area contributed by atoms with E-state index in [0.29, 0.717) is 11.6 Å². The molecule has 1 saturated carbocycles. The summed E-state index contributed by atoms with van der Waals surface area (Å²) < 4.78 is 0. The van der Waals surface area contributed by atoms with Gasteiger partial charge >= 0.3 is 0 Å². The second kappa shape index (κ2) is 7.72. The Balaban J connectivity index is 1.60. The molecule has 29 heavy (non-hydrogen) atoms. The molecule has 0 radical (unpaired) electrons. The Bertz CT molecular complexity index is 1030. The number of para-hydroxylation sites is 1. The van der Waals surface area contributed by atoms with Gasteiger partial charge in [0.05, 0.1) is 16.8 Å². The van der Waals surface area contributed by atoms with E-state index in [9.17, 15) is 4.79 Å². The van der Waals surface area contributed by atoms with Gasteiger partial charge in [-0.1, -0.05) is 18.2 Å². The highest BCUT2D eigenvalue weighted by Crippen LogP contribution is 2.33. The van der Waals surface area contributed by atoms with Crippen LogP contribution in [0.4, 0.5) is 17.1 Å². The molecule has 0 bridgehead atoms. The van der Waals surface area contributed by atoms with Crippen molar-refractivity contribution in [2.45, 2.75) is 18.9 Å². The zero-order valence-corrected chi connectivity index (χ0v) is 16.3. The standard InChI is InChI=1S/C23H25N5O/c29-23(27-17-6-7-17)20-15-25-21-9-8-18(28-12-10-24-11-13-28)14-19(21)22(20)26-16-4-2-1-3-5-16/h1-5,8-9,14-15,17,24H,6-7,10-13H2,(H,25,26)(H,27,29). The van der Waals surface area contributed by atoms with Crippen molar-refractivity contribution >= 4 is 33.9 Å². The molecule has 0 spiro atoms. The van der Waals surface area contributed by atoms with E-state index in [1.54, 1.807) is 6.20 Å². The number of benzene rings is 2. The molecule has 3 aromatic rings. The van der Waals surface area contributed by atoms with Gasteiger partial charge in [0, 0.05) is 55.2 Å². The highest BCUT2D eigenvalue weighted by Gasteiger charge is 2.26. The minimum absolute atomic E-state index is 0.0621. The van der Waals surface area contributed by atoms with Gasteiger partial charge in [0.2, 0.25) is 0 Å². The van der Waals surface area contributed by atoms with Crippen LogP contribution in [0.5, 0.6) is 0 Å². The van der Waals surface area contributed by atoms with Crippen LogP contribution in [-0.4, -0.2) is 43.1 Å². The first-order valence-corrected chi connectivity index (χ1v) is 10.3. The summed E-state index contributed by atoms with van der Waals surface area (Å²) in [5.74, 6) is -0.0621. The Hall–Kier alpha value is -3.12. The van der Waals surface area contributed by atoms with Gasteiger partial charge in [0.25, 0.3) is 5.91 Å². The first kappa shape index (κ1) is 17.9. The lowest BCUT2D eigenvalue weighted by Crippen LogP contribution is -2.43. The monoisotopic (exact) mass is 387 g/mol. The Kier molecular flexibility index (Phi) is 4.77. The molecule has 1 aliphatic carbocycles. The van der Waals surface area contributed by atoms with Crippen molar-refractivity contribution < 1.29 is 4.79 Å². The molecule has 0 atom stereocenters. The summed E-state index contributed by atoms with van der Waals surface area (Å²) >= 11 is 0. The van der Waals surface area contributed by atoms with E-state index in [0.717, 1.165) is 67.0 Å². The summed E-state index contributed by atoms with van der Waals surface area (Å²) in [7, 11) is 0. The highest BCUT2D eigenvalue weighted by molar-refractivity contribution is 6.08. The number of hydrogen-bond acceptors (Lipinski definition) is 5. The average molecular weight is 387 g/mol. The fourth-order valence-electron chi connectivity index (χ4n) is 3.76. The van der Waals surface area contributed by atoms with Gasteiger partial charge in [0.1, 0.15) is 0 Å². The van der Waals surface area contributed by atoms with Crippen molar-refractivity contribution in [3.63, 3.8) is 0 Å². The number of fused-ring (bicyclic) bond motifs is 1. The molecule has 3 N–H and O–H groups in total. The molecule has 5 rings (SSSR count). The second-order valence-corrected chi connectivity index (χ2v) is 7.72. The van der Waals surface area contributed by atoms with Crippen LogP contribution in [0.15, 0.2) is 54.7 Å². The van der Waals surface area contributed by atoms with Gasteiger partial charge in [-0.3, -0.25) is 9.78 Å². The molecule has 0 unspecified atom stereocenters. The number of nitrogens with one attached hydrogen (secondary N) is 3. The van der Waals surface area contributed by atoms with E-state index >= 15 is 0 Å². The third-order valence-electron chi connectivity index (χ3n) is 5.53. The zero-order chi connectivity index (χ0) is 19.6. The lowest BCUT2D eigenvalue weighted by atomic mass is 10.1. The fraction of sp³-hybridized carbons (Fsp3) is 0.304. The van der Waals surface area contributed by atoms with E-state index in [4.69, 9.17) is 0 Å². The SMILES string of the molecule is O=C(NC1CC1)c1cnc2ccc(N3CCNCC3)cc2c1Nc1ccccc1. The molecule has 2 aromatic carbocycles. The molecule has 148 valence electrons. The van der Waals surface area contributed by atoms with Crippen LogP contribution in [0, 0.1) is 0 Å². The zero-order valence-electron chi connectivity index (χ0n) is 16.3. The normalized spacial score (nSPS) is 16.6. The molecule has 2 heterocycles. The van der Waals surface area contributed by atoms with Crippen LogP contribution < -0.4 is 20.9 Å². The molecule has 2 fully saturated rings. The fourth-order valence-corrected chi connectivity index (χ4v) is 3.76. The molecule has 1 aromatic heterocycles. The minimum atomic E-state index is -0.0621. The third kappa shape index (κ3) is 3.89. The Labute approximate surface area is 170 Å². The Morgan fingerprint density at radius 1 is 1.07 bits per heavy atom. The number of carbonyl (C=O) groups is 1. The number of pyridine rings is 1. The van der Waals surface area contributed by atoms with Gasteiger partial charge in [-0.25, -0.2) is 0 Å². The quantitative estimate of drug-likeness (QED) is 0.627. The van der Waals surface area contributed by atoms with Gasteiger partial charge in [0.15, 0.2) is 0 Å². The molecular formula is C23H25N5O. The van der Waals surface area contributed by atoms with E-state index in [1.165, 1.54) is 0 Å². The van der Waals surface area contributed by atoms with Gasteiger partial charge in [-0.2, -0.15) is 0 Å². The average Bonchev–Trinajstić information content (AvgIpc) is 3.59. The molecule has 6 heteroatoms. The van der Waals surface area contributed by atoms with Crippen LogP contribution in [0.2, 0.25) is 0 Å². The van der Waals surface area contributed by atoms with Crippen LogP contribution in [-0.2, 0) is 0 Å². The summed E-state index contributed by atoms with van der Waals surface area (Å²) in [6, 6.07) is 16.6. The van der Waals surface area contributed by atoms with Gasteiger partial charge < -0.3 is 20.9 Å². The predicted octanol–water partition coefficient (Wildman–Crippen LogP) is 3.28. The number of anilines is 3. The molecule has 6 nitrogen and oxygen atoms in total. The molecule has 1 saturated heterocycles. The maximum absolute atomic E-state index is 12.9. The largest absolute Gasteiger partial charge is 0.369 e. The highest BCUT2D eigenvalue weighted by atomic mass is 16.1. The predicted molar refractivity (Wildman–Crippen MR) is 117 cm³/mol. The Morgan fingerprint density at radius 2 is 1.86 bits per heavy atom. The van der Waals surface area contributed by atoms with E-state index in [2.05, 4.69) is 38.0 Å². The number of piperazine rings is 1. The first-order chi connectivity index (χ1) is 14.3. The maximum Gasteiger partial charge on any atom is 0.255 e. The van der Waals surface area contributed by atoms with E-state index in [1.807, 2.05) is 36.4 Å². The lowest BCUT2D eigenvalue weighted by molar-refractivity contribution is 0.0951. The summed E-state index contributed by atoms with van der Waals surface area (Å²) in [4.78, 5) is 19.9. The smallest absolute Gasteiger partial charge is 0.255 e. The van der Waals surface area contributed by atoms with Crippen molar-refractivity contribution in [1.29, 1.82) is 0 Å². The summed E-state index contributed by atoms with van der Waals surface area (Å²) in [5.41, 5.74) is 4.40. The number of aromatic nitrogens is 1. The number of carbonyl (C=O) groups excluding carboxylic acids is 1. The molecule has 1 aliphatic heterocycles. The first-order valence-electron chi connectivity index (χ1n) is 10.3. The van der Waals surface area contributed by atoms with E-state index in [-0.39, 0.29) is 5.91 Å². The molecule has 1 amide bonds. The van der Waals surface area contributed by atoms with Gasteiger partial charge in [-0.05, 0) is 43.2 Å². The number of hydrogen-bond donors (Lipinski definition) is 3. The number of rotatable bonds is 5. The van der Waals surface area contributed by atoms with Crippen molar-refractivity contribution in [3.05, 3.63) is 60.3 Å². The Morgan fingerprint density at radius 3 is 2.62 bits per heavy atom. The second-order valence-electron chi connectivity index (χ2n) is 7.72. The van der Waals surface area contributed by atoms with Crippen LogP contribution >= 0.6 is 0 Å². The van der Waals surface area contributed by atoms with Crippen LogP contribution in [0.1, 0.15) is 23.2 Å². The summed E-state index contributed by atoms with van der Waals surface area (Å²) in [6.07, 6.45) is 3.80. The van der Waals surface area contributed by atoms with Crippen molar-refractivity contribution in [1.82, 2.24) is 15.6 Å². The van der Waals surface area contributed by atoms with Crippen LogP contribution in [0.3, 0.4) is 0 Å². The van der Waals surface area contributed by atoms with Crippen molar-refractivity contribution in [2.75, 3.05) is 36.4 Å². The van der Waals surface area contributed by atoms with Gasteiger partial charge in [-0.15, -0.1) is 0 Å². The number of nitrogens with zero attached hydrogens (tertiary/aromatic N) is 2. The number of amides is 1. The third-order valence-corrected chi connectivity index (χ3v) is 5.53. The minimum Gasteiger partial charge on any atom is -0.369 e. The molecule has 2 aliphatic rings.